The number of carbonyl (C=O) groups is 2. The molecule has 0 saturated carbocycles. The lowest BCUT2D eigenvalue weighted by molar-refractivity contribution is -0.316. The fourth-order valence-corrected chi connectivity index (χ4v) is 2.57. The second-order valence-electron chi connectivity index (χ2n) is 6.46. The molecule has 0 aromatic carbocycles. The maximum Gasteiger partial charge on any atom is 0.410 e. The van der Waals surface area contributed by atoms with Crippen molar-refractivity contribution in [2.75, 3.05) is 19.6 Å². The van der Waals surface area contributed by atoms with E-state index in [2.05, 4.69) is 10.6 Å². The monoisotopic (exact) mass is 462 g/mol. The molecule has 0 aromatic heterocycles. The highest BCUT2D eigenvalue weighted by molar-refractivity contribution is 5.85. The van der Waals surface area contributed by atoms with Crippen molar-refractivity contribution in [2.24, 2.45) is 5.73 Å². The molecule has 0 aliphatic heterocycles. The standard InChI is InChI=1S/C18H38N4O5.2ClH/c1-7-10-12-20-16(23)25-15(5)22(9-3)18(6,26-14(4)19)27-17(24)21-13-11-8-2;;/h14-15H,7-13,19H2,1-6H3,(H,20,23)(H,21,24);2*1H. The summed E-state index contributed by atoms with van der Waals surface area (Å²) < 4.78 is 16.6. The molecule has 0 saturated heterocycles. The van der Waals surface area contributed by atoms with E-state index in [-0.39, 0.29) is 24.8 Å². The fourth-order valence-electron chi connectivity index (χ4n) is 2.57. The highest BCUT2D eigenvalue weighted by Crippen LogP contribution is 2.23. The van der Waals surface area contributed by atoms with Crippen molar-refractivity contribution < 1.29 is 23.8 Å². The van der Waals surface area contributed by atoms with Crippen LogP contribution < -0.4 is 16.4 Å². The van der Waals surface area contributed by atoms with Gasteiger partial charge < -0.3 is 30.6 Å². The minimum atomic E-state index is -1.50. The van der Waals surface area contributed by atoms with Crippen LogP contribution in [0.3, 0.4) is 0 Å². The number of ether oxygens (including phenoxy) is 3. The van der Waals surface area contributed by atoms with Gasteiger partial charge >= 0.3 is 12.2 Å². The average molecular weight is 463 g/mol. The van der Waals surface area contributed by atoms with Crippen LogP contribution in [0.2, 0.25) is 0 Å². The van der Waals surface area contributed by atoms with Crippen molar-refractivity contribution in [1.82, 2.24) is 15.5 Å². The predicted molar refractivity (Wildman–Crippen MR) is 118 cm³/mol. The number of hydrogen-bond acceptors (Lipinski definition) is 7. The largest absolute Gasteiger partial charge is 0.430 e. The maximum atomic E-state index is 12.2. The fraction of sp³-hybridized carbons (Fsp3) is 0.889. The Morgan fingerprint density at radius 3 is 1.90 bits per heavy atom. The molecule has 176 valence electrons. The molecule has 3 unspecified atom stereocenters. The normalized spacial score (nSPS) is 14.5. The Morgan fingerprint density at radius 2 is 1.48 bits per heavy atom. The van der Waals surface area contributed by atoms with E-state index in [0.29, 0.717) is 19.6 Å². The molecule has 0 bridgehead atoms. The van der Waals surface area contributed by atoms with Gasteiger partial charge in [0.2, 0.25) is 0 Å². The molecule has 0 rings (SSSR count). The third kappa shape index (κ3) is 13.8. The first-order valence-corrected chi connectivity index (χ1v) is 9.81. The van der Waals surface area contributed by atoms with Gasteiger partial charge in [-0.05, 0) is 26.7 Å². The molecule has 0 aliphatic rings. The number of nitrogens with zero attached hydrogens (tertiary/aromatic N) is 1. The van der Waals surface area contributed by atoms with E-state index in [9.17, 15) is 9.59 Å². The highest BCUT2D eigenvalue weighted by atomic mass is 35.5. The van der Waals surface area contributed by atoms with E-state index in [4.69, 9.17) is 19.9 Å². The summed E-state index contributed by atoms with van der Waals surface area (Å²) in [5, 5.41) is 5.36. The van der Waals surface area contributed by atoms with Crippen molar-refractivity contribution in [3.8, 4) is 0 Å². The molecular weight excluding hydrogens is 423 g/mol. The van der Waals surface area contributed by atoms with Crippen molar-refractivity contribution in [1.29, 1.82) is 0 Å². The first kappa shape index (κ1) is 32.7. The lowest BCUT2D eigenvalue weighted by atomic mass is 10.3. The van der Waals surface area contributed by atoms with E-state index < -0.39 is 30.6 Å². The number of amides is 2. The first-order valence-electron chi connectivity index (χ1n) is 9.81. The number of rotatable bonds is 13. The first-order chi connectivity index (χ1) is 12.7. The molecule has 29 heavy (non-hydrogen) atoms. The van der Waals surface area contributed by atoms with Crippen LogP contribution >= 0.6 is 24.8 Å². The van der Waals surface area contributed by atoms with Crippen LogP contribution in [0.5, 0.6) is 0 Å². The summed E-state index contributed by atoms with van der Waals surface area (Å²) in [5.74, 6) is -1.50. The molecule has 0 fully saturated rings. The van der Waals surface area contributed by atoms with Gasteiger partial charge in [0.05, 0.1) is 0 Å². The second-order valence-corrected chi connectivity index (χ2v) is 6.46. The lowest BCUT2D eigenvalue weighted by Crippen LogP contribution is -2.59. The van der Waals surface area contributed by atoms with Crippen molar-refractivity contribution in [2.45, 2.75) is 85.6 Å². The zero-order chi connectivity index (χ0) is 20.9. The number of halogens is 2. The van der Waals surface area contributed by atoms with E-state index in [0.717, 1.165) is 25.7 Å². The topological polar surface area (TPSA) is 115 Å². The molecule has 0 spiro atoms. The Morgan fingerprint density at radius 1 is 1.00 bits per heavy atom. The Kier molecular flexibility index (Phi) is 20.1. The Balaban J connectivity index is -0.00000338. The van der Waals surface area contributed by atoms with Crippen LogP contribution in [0.15, 0.2) is 0 Å². The molecule has 2 amide bonds. The average Bonchev–Trinajstić information content (AvgIpc) is 2.54. The van der Waals surface area contributed by atoms with Gasteiger partial charge in [0, 0.05) is 26.6 Å². The molecule has 0 radical (unpaired) electrons. The molecule has 0 heterocycles. The number of unbranched alkanes of at least 4 members (excludes halogenated alkanes) is 2. The smallest absolute Gasteiger partial charge is 0.410 e. The van der Waals surface area contributed by atoms with Crippen LogP contribution in [0.1, 0.15) is 67.2 Å². The number of hydrogen-bond donors (Lipinski definition) is 3. The summed E-state index contributed by atoms with van der Waals surface area (Å²) in [6.07, 6.45) is 1.07. The molecule has 0 aromatic rings. The number of nitrogens with two attached hydrogens (primary N) is 1. The van der Waals surface area contributed by atoms with Gasteiger partial charge in [0.25, 0.3) is 5.91 Å². The highest BCUT2D eigenvalue weighted by Gasteiger charge is 2.41. The third-order valence-electron chi connectivity index (χ3n) is 3.86. The molecule has 11 heteroatoms. The van der Waals surface area contributed by atoms with E-state index in [1.807, 2.05) is 20.8 Å². The SMILES string of the molecule is CCCCNC(=O)OC(C)N(CC)C(C)(OC(=O)NCCCC)OC(C)N.Cl.Cl. The number of carbonyl (C=O) groups excluding carboxylic acids is 2. The van der Waals surface area contributed by atoms with Crippen molar-refractivity contribution in [3.05, 3.63) is 0 Å². The van der Waals surface area contributed by atoms with Crippen LogP contribution in [0.25, 0.3) is 0 Å². The van der Waals surface area contributed by atoms with Crippen molar-refractivity contribution >= 4 is 37.0 Å². The summed E-state index contributed by atoms with van der Waals surface area (Å²) in [5.41, 5.74) is 5.77. The van der Waals surface area contributed by atoms with Gasteiger partial charge in [-0.25, -0.2) is 14.5 Å². The van der Waals surface area contributed by atoms with Crippen LogP contribution in [0, 0.1) is 0 Å². The summed E-state index contributed by atoms with van der Waals surface area (Å²) in [7, 11) is 0. The molecule has 0 aliphatic carbocycles. The van der Waals surface area contributed by atoms with Gasteiger partial charge in [-0.15, -0.1) is 24.8 Å². The van der Waals surface area contributed by atoms with Gasteiger partial charge in [-0.3, -0.25) is 0 Å². The predicted octanol–water partition coefficient (Wildman–Crippen LogP) is 3.55. The quantitative estimate of drug-likeness (QED) is 0.283. The van der Waals surface area contributed by atoms with E-state index in [1.54, 1.807) is 25.7 Å². The van der Waals surface area contributed by atoms with Gasteiger partial charge in [-0.2, -0.15) is 0 Å². The minimum Gasteiger partial charge on any atom is -0.430 e. The summed E-state index contributed by atoms with van der Waals surface area (Å²) >= 11 is 0. The Labute approximate surface area is 187 Å². The van der Waals surface area contributed by atoms with Crippen LogP contribution in [-0.2, 0) is 14.2 Å². The van der Waals surface area contributed by atoms with Crippen molar-refractivity contribution in [3.63, 3.8) is 0 Å². The zero-order valence-electron chi connectivity index (χ0n) is 18.5. The lowest BCUT2D eigenvalue weighted by Gasteiger charge is -2.42. The molecule has 4 N–H and O–H groups in total. The Hall–Kier alpha value is -1.00. The number of alkyl carbamates (subject to hydrolysis) is 2. The van der Waals surface area contributed by atoms with E-state index >= 15 is 0 Å². The van der Waals surface area contributed by atoms with E-state index in [1.165, 1.54) is 0 Å². The molecule has 9 nitrogen and oxygen atoms in total. The summed E-state index contributed by atoms with van der Waals surface area (Å²) in [6.45, 7) is 12.2. The zero-order valence-corrected chi connectivity index (χ0v) is 20.1. The van der Waals surface area contributed by atoms with Gasteiger partial charge in [-0.1, -0.05) is 33.6 Å². The summed E-state index contributed by atoms with van der Waals surface area (Å²) in [6, 6.07) is 0. The van der Waals surface area contributed by atoms with Crippen LogP contribution in [0.4, 0.5) is 9.59 Å². The molecular formula is C18H40Cl2N4O5. The minimum absolute atomic E-state index is 0. The van der Waals surface area contributed by atoms with Gasteiger partial charge in [0.1, 0.15) is 6.23 Å². The second kappa shape index (κ2) is 17.8. The molecule has 3 atom stereocenters. The maximum absolute atomic E-state index is 12.2. The summed E-state index contributed by atoms with van der Waals surface area (Å²) in [4.78, 5) is 25.7. The third-order valence-corrected chi connectivity index (χ3v) is 3.86. The number of nitrogens with one attached hydrogen (secondary N) is 2. The Bertz CT molecular complexity index is 446. The van der Waals surface area contributed by atoms with Crippen LogP contribution in [-0.4, -0.2) is 55.1 Å². The van der Waals surface area contributed by atoms with Gasteiger partial charge in [0.15, 0.2) is 6.23 Å².